The summed E-state index contributed by atoms with van der Waals surface area (Å²) in [7, 11) is 0. The predicted octanol–water partition coefficient (Wildman–Crippen LogP) is 3.46. The molecule has 1 heterocycles. The second kappa shape index (κ2) is 5.65. The summed E-state index contributed by atoms with van der Waals surface area (Å²) in [6, 6.07) is 11.0. The summed E-state index contributed by atoms with van der Waals surface area (Å²) < 4.78 is 0. The van der Waals surface area contributed by atoms with E-state index in [0.29, 0.717) is 4.88 Å². The van der Waals surface area contributed by atoms with E-state index in [9.17, 15) is 14.9 Å². The van der Waals surface area contributed by atoms with Crippen molar-refractivity contribution in [3.63, 3.8) is 0 Å². The standard InChI is InChI=1S/C15H14N2O3S/c18-15(13-8-9-14(21-13)17(19)20)16-12-7-3-5-10-4-1-2-6-11(10)12/h1-2,4,6,8-9,12H,3,5,7H2,(H,16,18)/t12-/m1/s1. The highest BCUT2D eigenvalue weighted by Crippen LogP contribution is 2.30. The number of aryl methyl sites for hydroxylation is 1. The Labute approximate surface area is 125 Å². The van der Waals surface area contributed by atoms with Crippen LogP contribution in [0.15, 0.2) is 36.4 Å². The first kappa shape index (κ1) is 13.8. The van der Waals surface area contributed by atoms with Crippen LogP contribution < -0.4 is 5.32 Å². The number of thiophene rings is 1. The number of benzene rings is 1. The van der Waals surface area contributed by atoms with Crippen molar-refractivity contribution in [1.82, 2.24) is 5.32 Å². The van der Waals surface area contributed by atoms with Crippen molar-refractivity contribution < 1.29 is 9.72 Å². The molecule has 0 radical (unpaired) electrons. The number of carbonyl (C=O) groups excluding carboxylic acids is 1. The van der Waals surface area contributed by atoms with Crippen molar-refractivity contribution in [2.24, 2.45) is 0 Å². The van der Waals surface area contributed by atoms with Crippen LogP contribution in [0.25, 0.3) is 0 Å². The quantitative estimate of drug-likeness (QED) is 0.697. The van der Waals surface area contributed by atoms with Gasteiger partial charge in [-0.1, -0.05) is 35.6 Å². The number of hydrogen-bond donors (Lipinski definition) is 1. The summed E-state index contributed by atoms with van der Waals surface area (Å²) in [6.07, 6.45) is 2.97. The highest BCUT2D eigenvalue weighted by atomic mass is 32.1. The number of rotatable bonds is 3. The molecule has 1 aromatic heterocycles. The maximum absolute atomic E-state index is 12.2. The Balaban J connectivity index is 1.77. The maximum Gasteiger partial charge on any atom is 0.324 e. The van der Waals surface area contributed by atoms with Gasteiger partial charge < -0.3 is 5.32 Å². The summed E-state index contributed by atoms with van der Waals surface area (Å²) in [4.78, 5) is 22.8. The van der Waals surface area contributed by atoms with Gasteiger partial charge in [0, 0.05) is 6.07 Å². The average molecular weight is 302 g/mol. The summed E-state index contributed by atoms with van der Waals surface area (Å²) in [6.45, 7) is 0. The molecule has 1 N–H and O–H groups in total. The van der Waals surface area contributed by atoms with Gasteiger partial charge in [0.1, 0.15) is 0 Å². The van der Waals surface area contributed by atoms with Gasteiger partial charge in [0.05, 0.1) is 15.8 Å². The molecule has 0 aliphatic heterocycles. The molecule has 0 saturated heterocycles. The van der Waals surface area contributed by atoms with E-state index >= 15 is 0 Å². The lowest BCUT2D eigenvalue weighted by molar-refractivity contribution is -0.380. The zero-order valence-electron chi connectivity index (χ0n) is 11.2. The molecule has 1 aromatic carbocycles. The van der Waals surface area contributed by atoms with Gasteiger partial charge in [-0.05, 0) is 36.5 Å². The molecule has 1 amide bonds. The lowest BCUT2D eigenvalue weighted by Gasteiger charge is -2.26. The molecule has 0 bridgehead atoms. The zero-order valence-corrected chi connectivity index (χ0v) is 12.1. The molecule has 6 heteroatoms. The fourth-order valence-electron chi connectivity index (χ4n) is 2.68. The Kier molecular flexibility index (Phi) is 3.70. The topological polar surface area (TPSA) is 72.2 Å². The van der Waals surface area contributed by atoms with Gasteiger partial charge in [-0.25, -0.2) is 0 Å². The Morgan fingerprint density at radius 3 is 2.86 bits per heavy atom. The fourth-order valence-corrected chi connectivity index (χ4v) is 3.40. The molecule has 1 aliphatic carbocycles. The number of nitrogens with one attached hydrogen (secondary N) is 1. The highest BCUT2D eigenvalue weighted by molar-refractivity contribution is 7.17. The summed E-state index contributed by atoms with van der Waals surface area (Å²) in [5.74, 6) is -0.241. The van der Waals surface area contributed by atoms with Crippen LogP contribution in [0.4, 0.5) is 5.00 Å². The Morgan fingerprint density at radius 2 is 2.10 bits per heavy atom. The SMILES string of the molecule is O=C(N[C@@H]1CCCc2ccccc21)c1ccc([N+](=O)[O-])s1. The molecule has 1 aliphatic rings. The first-order valence-corrected chi connectivity index (χ1v) is 7.59. The minimum Gasteiger partial charge on any atom is -0.345 e. The van der Waals surface area contributed by atoms with Crippen LogP contribution >= 0.6 is 11.3 Å². The Hall–Kier alpha value is -2.21. The van der Waals surface area contributed by atoms with Gasteiger partial charge in [0.25, 0.3) is 5.91 Å². The van der Waals surface area contributed by atoms with Gasteiger partial charge >= 0.3 is 5.00 Å². The van der Waals surface area contributed by atoms with Gasteiger partial charge in [-0.15, -0.1) is 0 Å². The normalized spacial score (nSPS) is 17.0. The van der Waals surface area contributed by atoms with E-state index in [4.69, 9.17) is 0 Å². The average Bonchev–Trinajstić information content (AvgIpc) is 2.98. The summed E-state index contributed by atoms with van der Waals surface area (Å²) >= 11 is 0.908. The van der Waals surface area contributed by atoms with Crippen LogP contribution in [-0.2, 0) is 6.42 Å². The number of nitro groups is 1. The van der Waals surface area contributed by atoms with Crippen molar-refractivity contribution >= 4 is 22.2 Å². The van der Waals surface area contributed by atoms with Crippen LogP contribution in [0, 0.1) is 10.1 Å². The van der Waals surface area contributed by atoms with Crippen LogP contribution in [-0.4, -0.2) is 10.8 Å². The van der Waals surface area contributed by atoms with Crippen LogP contribution in [0.2, 0.25) is 0 Å². The monoisotopic (exact) mass is 302 g/mol. The van der Waals surface area contributed by atoms with E-state index in [1.165, 1.54) is 17.7 Å². The molecule has 2 aromatic rings. The van der Waals surface area contributed by atoms with E-state index in [1.54, 1.807) is 0 Å². The number of nitrogens with zero attached hydrogens (tertiary/aromatic N) is 1. The van der Waals surface area contributed by atoms with E-state index in [0.717, 1.165) is 36.2 Å². The largest absolute Gasteiger partial charge is 0.345 e. The van der Waals surface area contributed by atoms with Gasteiger partial charge in [-0.3, -0.25) is 14.9 Å². The molecule has 108 valence electrons. The van der Waals surface area contributed by atoms with Crippen LogP contribution in [0.1, 0.15) is 39.7 Å². The maximum atomic E-state index is 12.2. The van der Waals surface area contributed by atoms with Crippen molar-refractivity contribution in [2.75, 3.05) is 0 Å². The van der Waals surface area contributed by atoms with Crippen molar-refractivity contribution in [2.45, 2.75) is 25.3 Å². The molecule has 0 unspecified atom stereocenters. The molecular weight excluding hydrogens is 288 g/mol. The summed E-state index contributed by atoms with van der Waals surface area (Å²) in [5.41, 5.74) is 2.43. The molecule has 0 fully saturated rings. The first-order valence-electron chi connectivity index (χ1n) is 6.78. The first-order chi connectivity index (χ1) is 10.1. The third kappa shape index (κ3) is 2.80. The minimum atomic E-state index is -0.475. The summed E-state index contributed by atoms with van der Waals surface area (Å²) in [5, 5.41) is 13.7. The molecule has 1 atom stereocenters. The highest BCUT2D eigenvalue weighted by Gasteiger charge is 2.23. The lowest BCUT2D eigenvalue weighted by atomic mass is 9.88. The van der Waals surface area contributed by atoms with Gasteiger partial charge in [0.2, 0.25) is 0 Å². The third-order valence-electron chi connectivity index (χ3n) is 3.67. The number of amides is 1. The van der Waals surface area contributed by atoms with Crippen LogP contribution in [0.5, 0.6) is 0 Å². The molecule has 0 saturated carbocycles. The Morgan fingerprint density at radius 1 is 1.29 bits per heavy atom. The number of hydrogen-bond acceptors (Lipinski definition) is 4. The molecular formula is C15H14N2O3S. The number of carbonyl (C=O) groups is 1. The zero-order chi connectivity index (χ0) is 14.8. The second-order valence-corrected chi connectivity index (χ2v) is 6.07. The van der Waals surface area contributed by atoms with Gasteiger partial charge in [-0.2, -0.15) is 0 Å². The van der Waals surface area contributed by atoms with E-state index in [2.05, 4.69) is 11.4 Å². The van der Waals surface area contributed by atoms with E-state index in [1.807, 2.05) is 18.2 Å². The fraction of sp³-hybridized carbons (Fsp3) is 0.267. The molecule has 0 spiro atoms. The van der Waals surface area contributed by atoms with E-state index in [-0.39, 0.29) is 17.0 Å². The molecule has 3 rings (SSSR count). The molecule has 5 nitrogen and oxygen atoms in total. The van der Waals surface area contributed by atoms with Crippen molar-refractivity contribution in [3.05, 3.63) is 62.5 Å². The molecule has 21 heavy (non-hydrogen) atoms. The second-order valence-electron chi connectivity index (χ2n) is 5.01. The Bertz CT molecular complexity index is 696. The minimum absolute atomic E-state index is 0.0100. The third-order valence-corrected chi connectivity index (χ3v) is 4.71. The smallest absolute Gasteiger partial charge is 0.324 e. The predicted molar refractivity (Wildman–Crippen MR) is 80.6 cm³/mol. The van der Waals surface area contributed by atoms with Crippen LogP contribution in [0.3, 0.4) is 0 Å². The van der Waals surface area contributed by atoms with Crippen molar-refractivity contribution in [3.8, 4) is 0 Å². The number of fused-ring (bicyclic) bond motifs is 1. The lowest BCUT2D eigenvalue weighted by Crippen LogP contribution is -2.30. The van der Waals surface area contributed by atoms with E-state index < -0.39 is 4.92 Å². The van der Waals surface area contributed by atoms with Gasteiger partial charge in [0.15, 0.2) is 0 Å². The van der Waals surface area contributed by atoms with Crippen molar-refractivity contribution in [1.29, 1.82) is 0 Å².